The Bertz CT molecular complexity index is 1260. The van der Waals surface area contributed by atoms with Crippen molar-refractivity contribution < 1.29 is 4.42 Å². The van der Waals surface area contributed by atoms with Crippen LogP contribution in [0.5, 0.6) is 0 Å². The van der Waals surface area contributed by atoms with Gasteiger partial charge in [0.1, 0.15) is 5.58 Å². The molecule has 4 rings (SSSR count). The van der Waals surface area contributed by atoms with Crippen LogP contribution in [0, 0.1) is 20.8 Å². The number of hydrogen-bond acceptors (Lipinski definition) is 7. The summed E-state index contributed by atoms with van der Waals surface area (Å²) in [7, 11) is 0. The lowest BCUT2D eigenvalue weighted by atomic mass is 10.1. The Morgan fingerprint density at radius 1 is 1.18 bits per heavy atom. The van der Waals surface area contributed by atoms with E-state index < -0.39 is 5.63 Å². The summed E-state index contributed by atoms with van der Waals surface area (Å²) in [5.74, 6) is 7.05. The van der Waals surface area contributed by atoms with Crippen LogP contribution in [-0.4, -0.2) is 24.7 Å². The number of nitrogens with zero attached hydrogens (tertiary/aromatic N) is 5. The fourth-order valence-corrected chi connectivity index (χ4v) is 3.96. The summed E-state index contributed by atoms with van der Waals surface area (Å²) in [6.07, 6.45) is 0. The van der Waals surface area contributed by atoms with Crippen LogP contribution in [-0.2, 0) is 5.75 Å². The van der Waals surface area contributed by atoms with Gasteiger partial charge in [-0.25, -0.2) is 14.2 Å². The summed E-state index contributed by atoms with van der Waals surface area (Å²) < 4.78 is 8.32. The Balaban J connectivity index is 1.66. The monoisotopic (exact) mass is 416 g/mol. The lowest BCUT2D eigenvalue weighted by Gasteiger charge is -2.08. The number of aryl methyl sites for hydroxylation is 3. The molecule has 0 amide bonds. The maximum absolute atomic E-state index is 11.9. The lowest BCUT2D eigenvalue weighted by Crippen LogP contribution is -2.17. The van der Waals surface area contributed by atoms with E-state index in [0.717, 1.165) is 27.9 Å². The summed E-state index contributed by atoms with van der Waals surface area (Å²) in [5.41, 5.74) is 3.49. The molecule has 2 N–H and O–H groups in total. The van der Waals surface area contributed by atoms with E-state index >= 15 is 0 Å². The first kappa shape index (κ1) is 18.6. The average molecular weight is 417 g/mol. The second-order valence-corrected chi connectivity index (χ2v) is 7.82. The normalized spacial score (nSPS) is 11.4. The number of benzene rings is 1. The van der Waals surface area contributed by atoms with Gasteiger partial charge in [-0.2, -0.15) is 5.10 Å². The van der Waals surface area contributed by atoms with E-state index in [9.17, 15) is 4.79 Å². The number of halogens is 1. The molecule has 0 saturated heterocycles. The van der Waals surface area contributed by atoms with E-state index in [4.69, 9.17) is 21.9 Å². The molecule has 3 aromatic heterocycles. The van der Waals surface area contributed by atoms with Crippen molar-refractivity contribution in [3.8, 4) is 5.95 Å². The molecule has 28 heavy (non-hydrogen) atoms. The molecular weight excluding hydrogens is 400 g/mol. The van der Waals surface area contributed by atoms with Gasteiger partial charge in [-0.1, -0.05) is 23.4 Å². The minimum absolute atomic E-state index is 0.414. The number of hydrogen-bond donors (Lipinski definition) is 1. The van der Waals surface area contributed by atoms with Gasteiger partial charge in [-0.3, -0.25) is 0 Å². The van der Waals surface area contributed by atoms with Crippen molar-refractivity contribution in [2.75, 3.05) is 5.84 Å². The van der Waals surface area contributed by atoms with Gasteiger partial charge in [-0.15, -0.1) is 10.2 Å². The molecule has 0 fully saturated rings. The van der Waals surface area contributed by atoms with Crippen molar-refractivity contribution >= 4 is 34.3 Å². The Labute approximate surface area is 169 Å². The van der Waals surface area contributed by atoms with E-state index in [0.29, 0.717) is 27.5 Å². The minimum atomic E-state index is -0.414. The van der Waals surface area contributed by atoms with Gasteiger partial charge in [0.2, 0.25) is 5.16 Å². The quantitative estimate of drug-likeness (QED) is 0.309. The fraction of sp³-hybridized carbons (Fsp3) is 0.222. The lowest BCUT2D eigenvalue weighted by molar-refractivity contribution is 0.559. The second-order valence-electron chi connectivity index (χ2n) is 6.47. The van der Waals surface area contributed by atoms with E-state index in [1.807, 2.05) is 26.8 Å². The molecule has 4 aromatic rings. The molecule has 10 heteroatoms. The van der Waals surface area contributed by atoms with Gasteiger partial charge in [0.25, 0.3) is 5.95 Å². The first-order chi connectivity index (χ1) is 13.3. The highest BCUT2D eigenvalue weighted by Gasteiger charge is 2.16. The first-order valence-corrected chi connectivity index (χ1v) is 9.79. The van der Waals surface area contributed by atoms with Crippen LogP contribution in [0.1, 0.15) is 22.5 Å². The molecular formula is C18H17ClN6O2S. The van der Waals surface area contributed by atoms with Gasteiger partial charge >= 0.3 is 5.63 Å². The largest absolute Gasteiger partial charge is 0.423 e. The van der Waals surface area contributed by atoms with Crippen LogP contribution < -0.4 is 11.5 Å². The molecule has 3 heterocycles. The SMILES string of the molecule is Cc1cc(C)n(-c2nnc(SCc3cc(=O)oc4cc(C)c(Cl)cc34)n2N)n1. The van der Waals surface area contributed by atoms with Crippen molar-refractivity contribution in [1.82, 2.24) is 24.7 Å². The second kappa shape index (κ2) is 6.99. The number of aromatic nitrogens is 5. The zero-order valence-corrected chi connectivity index (χ0v) is 17.0. The maximum Gasteiger partial charge on any atom is 0.336 e. The molecule has 0 spiro atoms. The summed E-state index contributed by atoms with van der Waals surface area (Å²) >= 11 is 7.61. The van der Waals surface area contributed by atoms with Crippen LogP contribution in [0.3, 0.4) is 0 Å². The molecule has 0 atom stereocenters. The third-order valence-electron chi connectivity index (χ3n) is 4.31. The third kappa shape index (κ3) is 3.27. The van der Waals surface area contributed by atoms with Crippen molar-refractivity contribution in [2.45, 2.75) is 31.7 Å². The van der Waals surface area contributed by atoms with Gasteiger partial charge < -0.3 is 10.3 Å². The average Bonchev–Trinajstić information content (AvgIpc) is 3.15. The molecule has 1 aromatic carbocycles. The van der Waals surface area contributed by atoms with Gasteiger partial charge in [-0.05, 0) is 50.1 Å². The van der Waals surface area contributed by atoms with Crippen molar-refractivity contribution in [2.24, 2.45) is 0 Å². The van der Waals surface area contributed by atoms with E-state index in [2.05, 4.69) is 15.3 Å². The zero-order valence-electron chi connectivity index (χ0n) is 15.4. The van der Waals surface area contributed by atoms with Crippen LogP contribution in [0.25, 0.3) is 16.9 Å². The molecule has 0 aliphatic heterocycles. The highest BCUT2D eigenvalue weighted by atomic mass is 35.5. The van der Waals surface area contributed by atoms with E-state index in [1.54, 1.807) is 16.8 Å². The predicted molar refractivity (Wildman–Crippen MR) is 109 cm³/mol. The summed E-state index contributed by atoms with van der Waals surface area (Å²) in [6.45, 7) is 5.68. The first-order valence-electron chi connectivity index (χ1n) is 8.43. The maximum atomic E-state index is 11.9. The Hall–Kier alpha value is -2.78. The molecule has 0 radical (unpaired) electrons. The number of nitrogens with two attached hydrogens (primary N) is 1. The molecule has 0 aliphatic rings. The number of fused-ring (bicyclic) bond motifs is 1. The van der Waals surface area contributed by atoms with Crippen molar-refractivity contribution in [3.63, 3.8) is 0 Å². The third-order valence-corrected chi connectivity index (χ3v) is 5.71. The Morgan fingerprint density at radius 2 is 1.96 bits per heavy atom. The van der Waals surface area contributed by atoms with E-state index in [-0.39, 0.29) is 0 Å². The Morgan fingerprint density at radius 3 is 2.68 bits per heavy atom. The fourth-order valence-electron chi connectivity index (χ4n) is 2.95. The summed E-state index contributed by atoms with van der Waals surface area (Å²) in [6, 6.07) is 6.96. The predicted octanol–water partition coefficient (Wildman–Crippen LogP) is 3.15. The highest BCUT2D eigenvalue weighted by molar-refractivity contribution is 7.98. The van der Waals surface area contributed by atoms with Crippen molar-refractivity contribution in [3.05, 3.63) is 62.2 Å². The number of nitrogen functional groups attached to an aromatic ring is 1. The molecule has 144 valence electrons. The molecule has 8 nitrogen and oxygen atoms in total. The number of thioether (sulfide) groups is 1. The summed E-state index contributed by atoms with van der Waals surface area (Å²) in [5, 5.41) is 14.6. The highest BCUT2D eigenvalue weighted by Crippen LogP contribution is 2.29. The van der Waals surface area contributed by atoms with Crippen LogP contribution in [0.15, 0.2) is 38.6 Å². The van der Waals surface area contributed by atoms with Gasteiger partial charge in [0.15, 0.2) is 0 Å². The zero-order chi connectivity index (χ0) is 20.0. The molecule has 0 saturated carbocycles. The molecule has 0 aliphatic carbocycles. The molecule has 0 unspecified atom stereocenters. The van der Waals surface area contributed by atoms with E-state index in [1.165, 1.54) is 22.5 Å². The Kier molecular flexibility index (Phi) is 4.64. The number of rotatable bonds is 4. The smallest absolute Gasteiger partial charge is 0.336 e. The van der Waals surface area contributed by atoms with Crippen LogP contribution in [0.2, 0.25) is 5.02 Å². The van der Waals surface area contributed by atoms with Gasteiger partial charge in [0.05, 0.1) is 5.69 Å². The summed E-state index contributed by atoms with van der Waals surface area (Å²) in [4.78, 5) is 11.9. The van der Waals surface area contributed by atoms with Gasteiger partial charge in [0, 0.05) is 27.9 Å². The molecule has 0 bridgehead atoms. The van der Waals surface area contributed by atoms with Crippen molar-refractivity contribution in [1.29, 1.82) is 0 Å². The minimum Gasteiger partial charge on any atom is -0.423 e. The van der Waals surface area contributed by atoms with Crippen LogP contribution >= 0.6 is 23.4 Å². The topological polar surface area (TPSA) is 105 Å². The van der Waals surface area contributed by atoms with Crippen LogP contribution in [0.4, 0.5) is 0 Å². The standard InChI is InChI=1S/C18H17ClN6O2S/c1-9-4-15-13(7-14(9)19)12(6-16(26)27-15)8-28-18-22-21-17(24(18)20)25-11(3)5-10(2)23-25/h4-7H,8,20H2,1-3H3.